The molecule has 3 rings (SSSR count). The fourth-order valence-electron chi connectivity index (χ4n) is 4.61. The van der Waals surface area contributed by atoms with Crippen molar-refractivity contribution >= 4 is 41.3 Å². The number of hydrogen-bond acceptors (Lipinski definition) is 13. The number of fused-ring (bicyclic) bond motifs is 1. The quantitative estimate of drug-likeness (QED) is 0.113. The Morgan fingerprint density at radius 3 is 1.90 bits per heavy atom. The molecular weight excluding hydrogens is 648 g/mol. The summed E-state index contributed by atoms with van der Waals surface area (Å²) in [7, 11) is 0. The van der Waals surface area contributed by atoms with E-state index in [4.69, 9.17) is 33.2 Å². The summed E-state index contributed by atoms with van der Waals surface area (Å²) in [6.45, 7) is 9.21. The zero-order chi connectivity index (χ0) is 35.6. The van der Waals surface area contributed by atoms with Gasteiger partial charge in [-0.3, -0.25) is 34.2 Å². The number of rotatable bonds is 22. The molecule has 1 atom stereocenters. The summed E-state index contributed by atoms with van der Waals surface area (Å²) >= 11 is 0. The largest absolute Gasteiger partial charge is 0.444 e. The van der Waals surface area contributed by atoms with Gasteiger partial charge in [-0.05, 0) is 39.3 Å². The van der Waals surface area contributed by atoms with Crippen LogP contribution < -0.4 is 16.0 Å². The highest BCUT2D eigenvalue weighted by molar-refractivity contribution is 6.26. The number of ether oxygens (including phenoxy) is 7. The van der Waals surface area contributed by atoms with E-state index in [1.807, 2.05) is 0 Å². The topological polar surface area (TPSA) is 206 Å². The van der Waals surface area contributed by atoms with Gasteiger partial charge >= 0.3 is 6.09 Å². The zero-order valence-corrected chi connectivity index (χ0v) is 28.2. The van der Waals surface area contributed by atoms with Gasteiger partial charge in [-0.25, -0.2) is 4.79 Å². The SMILES string of the molecule is CC(C)(C)OC(=O)NCCOCCOCCOCCOCCOCCOCC(=O)Nc1cccc2c1C(=O)N(C1CCC(=O)NC1=O)C2=O. The third-order valence-electron chi connectivity index (χ3n) is 6.75. The fourth-order valence-corrected chi connectivity index (χ4v) is 4.61. The molecule has 49 heavy (non-hydrogen) atoms. The molecule has 0 spiro atoms. The monoisotopic (exact) mass is 694 g/mol. The van der Waals surface area contributed by atoms with Crippen molar-refractivity contribution in [2.45, 2.75) is 45.3 Å². The maximum absolute atomic E-state index is 13.1. The van der Waals surface area contributed by atoms with Crippen LogP contribution in [0.5, 0.6) is 0 Å². The van der Waals surface area contributed by atoms with Crippen LogP contribution in [-0.4, -0.2) is 138 Å². The molecule has 3 N–H and O–H groups in total. The summed E-state index contributed by atoms with van der Waals surface area (Å²) < 4.78 is 37.5. The lowest BCUT2D eigenvalue weighted by Gasteiger charge is -2.27. The van der Waals surface area contributed by atoms with Gasteiger partial charge in [-0.1, -0.05) is 6.07 Å². The molecule has 1 unspecified atom stereocenters. The van der Waals surface area contributed by atoms with Gasteiger partial charge in [0.1, 0.15) is 18.2 Å². The van der Waals surface area contributed by atoms with Crippen LogP contribution in [0.3, 0.4) is 0 Å². The predicted octanol–water partition coefficient (Wildman–Crippen LogP) is 0.651. The van der Waals surface area contributed by atoms with Gasteiger partial charge in [0.25, 0.3) is 11.8 Å². The van der Waals surface area contributed by atoms with Gasteiger partial charge in [-0.15, -0.1) is 0 Å². The van der Waals surface area contributed by atoms with E-state index in [1.165, 1.54) is 18.2 Å². The Labute approximate surface area is 284 Å². The Morgan fingerprint density at radius 1 is 0.796 bits per heavy atom. The third-order valence-corrected chi connectivity index (χ3v) is 6.75. The van der Waals surface area contributed by atoms with Crippen LogP contribution in [-0.2, 0) is 47.5 Å². The Bertz CT molecular complexity index is 1300. The van der Waals surface area contributed by atoms with E-state index in [1.54, 1.807) is 20.8 Å². The molecule has 0 saturated carbocycles. The highest BCUT2D eigenvalue weighted by Gasteiger charge is 2.45. The van der Waals surface area contributed by atoms with Gasteiger partial charge in [0.15, 0.2) is 0 Å². The van der Waals surface area contributed by atoms with Crippen LogP contribution in [0.1, 0.15) is 54.3 Å². The van der Waals surface area contributed by atoms with Crippen LogP contribution in [0, 0.1) is 0 Å². The lowest BCUT2D eigenvalue weighted by molar-refractivity contribution is -0.136. The van der Waals surface area contributed by atoms with Gasteiger partial charge in [0, 0.05) is 13.0 Å². The number of carbonyl (C=O) groups excluding carboxylic acids is 6. The van der Waals surface area contributed by atoms with Crippen molar-refractivity contribution in [3.63, 3.8) is 0 Å². The maximum Gasteiger partial charge on any atom is 0.407 e. The molecule has 17 nitrogen and oxygen atoms in total. The first-order valence-corrected chi connectivity index (χ1v) is 16.1. The van der Waals surface area contributed by atoms with Crippen LogP contribution in [0.25, 0.3) is 0 Å². The molecule has 2 aliphatic heterocycles. The summed E-state index contributed by atoms with van der Waals surface area (Å²) in [6, 6.07) is 3.33. The van der Waals surface area contributed by atoms with Crippen molar-refractivity contribution in [2.24, 2.45) is 0 Å². The second kappa shape index (κ2) is 20.5. The number of imide groups is 2. The first-order valence-electron chi connectivity index (χ1n) is 16.1. The Morgan fingerprint density at radius 2 is 1.35 bits per heavy atom. The summed E-state index contributed by atoms with van der Waals surface area (Å²) in [5.74, 6) is -3.10. The van der Waals surface area contributed by atoms with Crippen LogP contribution in [0.15, 0.2) is 18.2 Å². The second-order valence-corrected chi connectivity index (χ2v) is 11.8. The molecule has 2 heterocycles. The van der Waals surface area contributed by atoms with Crippen molar-refractivity contribution in [1.29, 1.82) is 0 Å². The Kier molecular flexibility index (Phi) is 16.5. The number of anilines is 1. The van der Waals surface area contributed by atoms with Gasteiger partial charge < -0.3 is 43.8 Å². The molecule has 1 aromatic carbocycles. The first kappa shape index (κ1) is 39.4. The minimum atomic E-state index is -1.10. The predicted molar refractivity (Wildman–Crippen MR) is 171 cm³/mol. The lowest BCUT2D eigenvalue weighted by atomic mass is 10.0. The smallest absolute Gasteiger partial charge is 0.407 e. The van der Waals surface area contributed by atoms with Crippen molar-refractivity contribution < 1.29 is 61.9 Å². The number of amides is 6. The molecule has 272 valence electrons. The number of carbonyl (C=O) groups is 6. The van der Waals surface area contributed by atoms with Crippen molar-refractivity contribution in [2.75, 3.05) is 91.1 Å². The average Bonchev–Trinajstić information content (AvgIpc) is 3.29. The minimum Gasteiger partial charge on any atom is -0.444 e. The number of piperidine rings is 1. The van der Waals surface area contributed by atoms with Crippen LogP contribution in [0.2, 0.25) is 0 Å². The standard InChI is InChI=1S/C32H46N4O13/c1-32(2,3)49-31(42)33-9-10-43-11-12-44-13-14-45-15-16-46-17-18-47-19-20-48-21-26(38)34-23-6-4-5-22-27(23)30(41)36(29(22)40)24-7-8-25(37)35-28(24)39/h4-6,24H,7-21H2,1-3H3,(H,33,42)(H,34,38)(H,35,37,39). The molecule has 0 radical (unpaired) electrons. The van der Waals surface area contributed by atoms with E-state index in [9.17, 15) is 28.8 Å². The Balaban J connectivity index is 1.13. The van der Waals surface area contributed by atoms with E-state index in [0.717, 1.165) is 4.90 Å². The highest BCUT2D eigenvalue weighted by Crippen LogP contribution is 2.32. The molecule has 1 saturated heterocycles. The number of hydrogen-bond donors (Lipinski definition) is 3. The maximum atomic E-state index is 13.1. The summed E-state index contributed by atoms with van der Waals surface area (Å²) in [4.78, 5) is 74.6. The van der Waals surface area contributed by atoms with Crippen molar-refractivity contribution in [3.05, 3.63) is 29.3 Å². The van der Waals surface area contributed by atoms with E-state index >= 15 is 0 Å². The highest BCUT2D eigenvalue weighted by atomic mass is 16.6. The number of benzene rings is 1. The molecule has 1 fully saturated rings. The summed E-state index contributed by atoms with van der Waals surface area (Å²) in [5, 5.41) is 7.33. The zero-order valence-electron chi connectivity index (χ0n) is 28.2. The average molecular weight is 695 g/mol. The third kappa shape index (κ3) is 13.8. The second-order valence-electron chi connectivity index (χ2n) is 11.8. The normalized spacial score (nSPS) is 16.1. The molecule has 2 aliphatic rings. The summed E-state index contributed by atoms with van der Waals surface area (Å²) in [5.41, 5.74) is -0.371. The fraction of sp³-hybridized carbons (Fsp3) is 0.625. The summed E-state index contributed by atoms with van der Waals surface area (Å²) in [6.07, 6.45) is -0.442. The van der Waals surface area contributed by atoms with Crippen molar-refractivity contribution in [1.82, 2.24) is 15.5 Å². The van der Waals surface area contributed by atoms with Gasteiger partial charge in [0.05, 0.1) is 89.5 Å². The molecule has 0 bridgehead atoms. The minimum absolute atomic E-state index is 0.00720. The van der Waals surface area contributed by atoms with E-state index in [-0.39, 0.29) is 49.5 Å². The van der Waals surface area contributed by atoms with Crippen molar-refractivity contribution in [3.8, 4) is 0 Å². The Hall–Kier alpha value is -4.00. The molecular formula is C32H46N4O13. The number of nitrogens with zero attached hydrogens (tertiary/aromatic N) is 1. The number of alkyl carbamates (subject to hydrolysis) is 1. The first-order chi connectivity index (χ1) is 23.5. The molecule has 0 aromatic heterocycles. The molecule has 6 amide bonds. The lowest BCUT2D eigenvalue weighted by Crippen LogP contribution is -2.54. The van der Waals surface area contributed by atoms with Gasteiger partial charge in [-0.2, -0.15) is 0 Å². The van der Waals surface area contributed by atoms with E-state index in [0.29, 0.717) is 66.0 Å². The molecule has 17 heteroatoms. The van der Waals surface area contributed by atoms with Crippen LogP contribution in [0.4, 0.5) is 10.5 Å². The van der Waals surface area contributed by atoms with Crippen LogP contribution >= 0.6 is 0 Å². The number of nitrogens with one attached hydrogen (secondary N) is 3. The van der Waals surface area contributed by atoms with Gasteiger partial charge in [0.2, 0.25) is 17.7 Å². The van der Waals surface area contributed by atoms with E-state index < -0.39 is 47.3 Å². The molecule has 0 aliphatic carbocycles. The van der Waals surface area contributed by atoms with E-state index in [2.05, 4.69) is 16.0 Å². The molecule has 1 aromatic rings.